The molecule has 0 aliphatic heterocycles. The average molecular weight is 371 g/mol. The zero-order chi connectivity index (χ0) is 18.3. The summed E-state index contributed by atoms with van der Waals surface area (Å²) in [6.07, 6.45) is 4.67. The first kappa shape index (κ1) is 17.0. The molecule has 0 saturated heterocycles. The number of aliphatic hydroxyl groups excluding tert-OH is 1. The van der Waals surface area contributed by atoms with Crippen molar-refractivity contribution in [3.63, 3.8) is 0 Å². The number of carbonyl (C=O) groups is 1. The summed E-state index contributed by atoms with van der Waals surface area (Å²) in [4.78, 5) is 17.2. The lowest BCUT2D eigenvalue weighted by Gasteiger charge is -2.37. The maximum Gasteiger partial charge on any atom is 0.270 e. The van der Waals surface area contributed by atoms with Crippen LogP contribution >= 0.6 is 11.6 Å². The molecule has 1 atom stereocenters. The number of halogens is 1. The summed E-state index contributed by atoms with van der Waals surface area (Å²) < 4.78 is 1.71. The molecule has 7 heteroatoms. The zero-order valence-electron chi connectivity index (χ0n) is 14.3. The first-order chi connectivity index (χ1) is 12.5. The van der Waals surface area contributed by atoms with Gasteiger partial charge in [0.2, 0.25) is 0 Å². The second kappa shape index (κ2) is 6.70. The third-order valence-electron chi connectivity index (χ3n) is 4.90. The summed E-state index contributed by atoms with van der Waals surface area (Å²) in [5.41, 5.74) is 1.86. The number of hydrogen-bond donors (Lipinski definition) is 2. The summed E-state index contributed by atoms with van der Waals surface area (Å²) in [6, 6.07) is 8.85. The molecule has 1 saturated carbocycles. The van der Waals surface area contributed by atoms with Crippen molar-refractivity contribution in [3.05, 3.63) is 59.0 Å². The molecule has 2 N–H and O–H groups in total. The fourth-order valence-corrected chi connectivity index (χ4v) is 3.65. The van der Waals surface area contributed by atoms with Gasteiger partial charge in [-0.15, -0.1) is 0 Å². The van der Waals surface area contributed by atoms with Crippen LogP contribution in [0.1, 0.15) is 34.9 Å². The average Bonchev–Trinajstić information content (AvgIpc) is 3.03. The van der Waals surface area contributed by atoms with E-state index in [1.807, 2.05) is 31.4 Å². The van der Waals surface area contributed by atoms with Gasteiger partial charge in [-0.1, -0.05) is 29.8 Å². The molecule has 0 radical (unpaired) electrons. The second-order valence-corrected chi connectivity index (χ2v) is 7.20. The molecule has 3 aromatic rings. The van der Waals surface area contributed by atoms with Gasteiger partial charge < -0.3 is 10.4 Å². The Morgan fingerprint density at radius 3 is 2.85 bits per heavy atom. The summed E-state index contributed by atoms with van der Waals surface area (Å²) in [6.45, 7) is 0. The first-order valence-corrected chi connectivity index (χ1v) is 8.92. The van der Waals surface area contributed by atoms with E-state index in [9.17, 15) is 9.90 Å². The van der Waals surface area contributed by atoms with Crippen molar-refractivity contribution in [1.82, 2.24) is 20.1 Å². The Bertz CT molecular complexity index is 965. The number of para-hydroxylation sites is 1. The highest BCUT2D eigenvalue weighted by atomic mass is 35.5. The Labute approximate surface area is 155 Å². The number of aliphatic hydroxyl groups is 1. The SMILES string of the molecule is Cn1cc([C@H](NC(=O)c2ccc3cccc(Cl)c3n2)C2CC(O)C2)cn1. The number of nitrogens with one attached hydrogen (secondary N) is 1. The van der Waals surface area contributed by atoms with Crippen LogP contribution in [0.2, 0.25) is 5.02 Å². The molecular weight excluding hydrogens is 352 g/mol. The number of hydrogen-bond acceptors (Lipinski definition) is 4. The largest absolute Gasteiger partial charge is 0.393 e. The molecule has 2 heterocycles. The molecule has 6 nitrogen and oxygen atoms in total. The number of pyridine rings is 1. The molecule has 0 unspecified atom stereocenters. The van der Waals surface area contributed by atoms with Crippen molar-refractivity contribution in [2.45, 2.75) is 25.0 Å². The van der Waals surface area contributed by atoms with E-state index < -0.39 is 0 Å². The molecule has 2 aromatic heterocycles. The van der Waals surface area contributed by atoms with Crippen molar-refractivity contribution in [1.29, 1.82) is 0 Å². The highest BCUT2D eigenvalue weighted by molar-refractivity contribution is 6.35. The molecule has 26 heavy (non-hydrogen) atoms. The normalized spacial score (nSPS) is 20.6. The third-order valence-corrected chi connectivity index (χ3v) is 5.20. The number of nitrogens with zero attached hydrogens (tertiary/aromatic N) is 3. The number of aromatic nitrogens is 3. The molecule has 1 fully saturated rings. The highest BCUT2D eigenvalue weighted by Gasteiger charge is 2.36. The fraction of sp³-hybridized carbons (Fsp3) is 0.316. The van der Waals surface area contributed by atoms with Crippen molar-refractivity contribution >= 4 is 28.4 Å². The summed E-state index contributed by atoms with van der Waals surface area (Å²) in [5.74, 6) is -0.0794. The van der Waals surface area contributed by atoms with Crippen LogP contribution in [-0.4, -0.2) is 31.9 Å². The zero-order valence-corrected chi connectivity index (χ0v) is 15.0. The van der Waals surface area contributed by atoms with E-state index in [-0.39, 0.29) is 24.0 Å². The van der Waals surface area contributed by atoms with Gasteiger partial charge in [0, 0.05) is 24.2 Å². The smallest absolute Gasteiger partial charge is 0.270 e. The lowest BCUT2D eigenvalue weighted by atomic mass is 9.75. The maximum absolute atomic E-state index is 12.8. The highest BCUT2D eigenvalue weighted by Crippen LogP contribution is 2.38. The van der Waals surface area contributed by atoms with E-state index in [2.05, 4.69) is 15.4 Å². The Morgan fingerprint density at radius 1 is 1.35 bits per heavy atom. The Hall–Kier alpha value is -2.44. The molecule has 1 aliphatic carbocycles. The first-order valence-electron chi connectivity index (χ1n) is 8.54. The summed E-state index contributed by atoms with van der Waals surface area (Å²) >= 11 is 6.20. The van der Waals surface area contributed by atoms with E-state index in [1.165, 1.54) is 0 Å². The van der Waals surface area contributed by atoms with Crippen molar-refractivity contribution < 1.29 is 9.90 Å². The number of fused-ring (bicyclic) bond motifs is 1. The molecule has 4 rings (SSSR count). The minimum atomic E-state index is -0.298. The summed E-state index contributed by atoms with van der Waals surface area (Å²) in [5, 5.41) is 18.3. The van der Waals surface area contributed by atoms with E-state index >= 15 is 0 Å². The van der Waals surface area contributed by atoms with Gasteiger partial charge in [0.15, 0.2) is 0 Å². The molecule has 0 bridgehead atoms. The maximum atomic E-state index is 12.8. The van der Waals surface area contributed by atoms with E-state index in [0.717, 1.165) is 10.9 Å². The molecule has 0 spiro atoms. The van der Waals surface area contributed by atoms with Gasteiger partial charge in [0.1, 0.15) is 5.69 Å². The predicted octanol–water partition coefficient (Wildman–Crippen LogP) is 2.86. The molecule has 134 valence electrons. The molecule has 1 aliphatic rings. The van der Waals surface area contributed by atoms with Crippen LogP contribution in [0, 0.1) is 5.92 Å². The van der Waals surface area contributed by atoms with Crippen molar-refractivity contribution in [2.24, 2.45) is 13.0 Å². The van der Waals surface area contributed by atoms with Crippen molar-refractivity contribution in [2.75, 3.05) is 0 Å². The number of carbonyl (C=O) groups excluding carboxylic acids is 1. The minimum Gasteiger partial charge on any atom is -0.393 e. The number of amides is 1. The molecule has 1 aromatic carbocycles. The van der Waals surface area contributed by atoms with Crippen LogP contribution in [0.25, 0.3) is 10.9 Å². The predicted molar refractivity (Wildman–Crippen MR) is 98.9 cm³/mol. The Balaban J connectivity index is 1.61. The van der Waals surface area contributed by atoms with Crippen LogP contribution in [0.4, 0.5) is 0 Å². The van der Waals surface area contributed by atoms with Crippen LogP contribution in [-0.2, 0) is 7.05 Å². The quantitative estimate of drug-likeness (QED) is 0.740. The topological polar surface area (TPSA) is 80.0 Å². The van der Waals surface area contributed by atoms with Gasteiger partial charge in [-0.05, 0) is 30.9 Å². The van der Waals surface area contributed by atoms with Gasteiger partial charge in [0.05, 0.1) is 28.9 Å². The van der Waals surface area contributed by atoms with Gasteiger partial charge in [-0.3, -0.25) is 9.48 Å². The van der Waals surface area contributed by atoms with Gasteiger partial charge in [-0.25, -0.2) is 4.98 Å². The minimum absolute atomic E-state index is 0.183. The Kier molecular flexibility index (Phi) is 4.38. The number of rotatable bonds is 4. The van der Waals surface area contributed by atoms with Crippen LogP contribution in [0.15, 0.2) is 42.7 Å². The van der Waals surface area contributed by atoms with Gasteiger partial charge in [-0.2, -0.15) is 5.10 Å². The lowest BCUT2D eigenvalue weighted by Crippen LogP contribution is -2.41. The van der Waals surface area contributed by atoms with Crippen LogP contribution in [0.3, 0.4) is 0 Å². The molecule has 1 amide bonds. The monoisotopic (exact) mass is 370 g/mol. The second-order valence-electron chi connectivity index (χ2n) is 6.79. The standard InChI is InChI=1S/C19H19ClN4O2/c1-24-10-13(9-21-24)17(12-7-14(25)8-12)23-19(26)16-6-5-11-3-2-4-15(20)18(11)22-16/h2-6,9-10,12,14,17,25H,7-8H2,1H3,(H,23,26)/t12?,14?,17-/m1/s1. The fourth-order valence-electron chi connectivity index (χ4n) is 3.43. The third kappa shape index (κ3) is 3.18. The summed E-state index contributed by atoms with van der Waals surface area (Å²) in [7, 11) is 1.84. The van der Waals surface area contributed by atoms with Gasteiger partial charge >= 0.3 is 0 Å². The molecular formula is C19H19ClN4O2. The van der Waals surface area contributed by atoms with E-state index in [4.69, 9.17) is 11.6 Å². The Morgan fingerprint density at radius 2 is 2.15 bits per heavy atom. The number of aryl methyl sites for hydroxylation is 1. The number of benzene rings is 1. The van der Waals surface area contributed by atoms with Crippen LogP contribution < -0.4 is 5.32 Å². The lowest BCUT2D eigenvalue weighted by molar-refractivity contribution is 0.0234. The van der Waals surface area contributed by atoms with E-state index in [1.54, 1.807) is 23.0 Å². The van der Waals surface area contributed by atoms with Crippen molar-refractivity contribution in [3.8, 4) is 0 Å². The van der Waals surface area contributed by atoms with Gasteiger partial charge in [0.25, 0.3) is 5.91 Å². The van der Waals surface area contributed by atoms with Crippen LogP contribution in [0.5, 0.6) is 0 Å². The van der Waals surface area contributed by atoms with E-state index in [0.29, 0.717) is 29.1 Å².